The van der Waals surface area contributed by atoms with E-state index in [1.807, 2.05) is 60.7 Å². The van der Waals surface area contributed by atoms with Gasteiger partial charge in [0.2, 0.25) is 0 Å². The molecule has 0 aliphatic carbocycles. The quantitative estimate of drug-likeness (QED) is 0.155. The lowest BCUT2D eigenvalue weighted by Crippen LogP contribution is -2.24. The summed E-state index contributed by atoms with van der Waals surface area (Å²) in [6, 6.07) is 76.6. The number of nitrogens with zero attached hydrogens (tertiary/aromatic N) is 3. The first-order valence-corrected chi connectivity index (χ1v) is 21.8. The zero-order valence-electron chi connectivity index (χ0n) is 32.0. The number of para-hydroxylation sites is 4. The lowest BCUT2D eigenvalue weighted by Gasteiger charge is -2.20. The first-order valence-electron chi connectivity index (χ1n) is 20.0. The van der Waals surface area contributed by atoms with Gasteiger partial charge in [-0.15, -0.1) is 0 Å². The van der Waals surface area contributed by atoms with Gasteiger partial charge in [0.05, 0.1) is 33.1 Å². The Hall–Kier alpha value is -7.39. The van der Waals surface area contributed by atoms with Crippen LogP contribution in [0.25, 0.3) is 82.5 Å². The van der Waals surface area contributed by atoms with Gasteiger partial charge < -0.3 is 18.3 Å². The summed E-state index contributed by atoms with van der Waals surface area (Å²) in [5, 5.41) is 9.73. The van der Waals surface area contributed by atoms with E-state index in [1.54, 1.807) is 0 Å². The third-order valence-electron chi connectivity index (χ3n) is 12.1. The molecule has 12 aromatic rings. The maximum absolute atomic E-state index is 15.3. The summed E-state index contributed by atoms with van der Waals surface area (Å²) in [5.74, 6) is 0. The van der Waals surface area contributed by atoms with Crippen molar-refractivity contribution in [2.45, 2.75) is 0 Å². The Morgan fingerprint density at radius 1 is 0.254 bits per heavy atom. The molecular weight excluding hydrogens is 738 g/mol. The average molecular weight is 774 g/mol. The molecule has 3 aromatic heterocycles. The van der Waals surface area contributed by atoms with Crippen LogP contribution in [0.15, 0.2) is 218 Å². The van der Waals surface area contributed by atoms with Crippen LogP contribution in [0.1, 0.15) is 0 Å². The maximum atomic E-state index is 15.3. The van der Waals surface area contributed by atoms with Gasteiger partial charge in [-0.2, -0.15) is 0 Å². The van der Waals surface area contributed by atoms with Gasteiger partial charge in [-0.05, 0) is 84.9 Å². The Kier molecular flexibility index (Phi) is 7.47. The van der Waals surface area contributed by atoms with E-state index in [-0.39, 0.29) is 0 Å². The van der Waals surface area contributed by atoms with E-state index in [0.29, 0.717) is 0 Å². The number of aromatic nitrogens is 3. The second kappa shape index (κ2) is 13.1. The summed E-state index contributed by atoms with van der Waals surface area (Å²) >= 11 is 0. The standard InChI is InChI=1S/C54H36N3OP/c58-59(40-15-3-1-4-16-40,41-17-5-2-6-18-41)42-31-27-37(28-32-42)55-53-33-29-38(56-49-23-11-7-19-43(49)44-20-8-12-24-50(44)56)35-47(53)48-36-39(30-34-54(48)55)57-51-25-13-9-21-45(51)46-22-10-14-26-52(46)57/h1-36H. The molecule has 5 heteroatoms. The van der Waals surface area contributed by atoms with Crippen molar-refractivity contribution >= 4 is 88.5 Å². The minimum Gasteiger partial charge on any atom is -0.309 e. The van der Waals surface area contributed by atoms with Gasteiger partial charge >= 0.3 is 0 Å². The molecule has 278 valence electrons. The molecular formula is C54H36N3OP. The van der Waals surface area contributed by atoms with Crippen LogP contribution in [-0.4, -0.2) is 13.7 Å². The minimum absolute atomic E-state index is 0.807. The van der Waals surface area contributed by atoms with Gasteiger partial charge in [-0.3, -0.25) is 0 Å². The summed E-state index contributed by atoms with van der Waals surface area (Å²) in [6.45, 7) is 0. The Balaban J connectivity index is 1.11. The van der Waals surface area contributed by atoms with Gasteiger partial charge in [0.1, 0.15) is 0 Å². The van der Waals surface area contributed by atoms with E-state index in [0.717, 1.165) is 54.8 Å². The molecule has 0 radical (unpaired) electrons. The normalized spacial score (nSPS) is 12.1. The summed E-state index contributed by atoms with van der Waals surface area (Å²) in [6.07, 6.45) is 0. The summed E-state index contributed by atoms with van der Waals surface area (Å²) in [7, 11) is -3.13. The third kappa shape index (κ3) is 5.00. The zero-order valence-corrected chi connectivity index (χ0v) is 32.9. The summed E-state index contributed by atoms with van der Waals surface area (Å²) in [4.78, 5) is 0. The number of rotatable bonds is 6. The summed E-state index contributed by atoms with van der Waals surface area (Å²) in [5.41, 5.74) is 10.2. The first-order chi connectivity index (χ1) is 29.2. The molecule has 0 unspecified atom stereocenters. The van der Waals surface area contributed by atoms with Crippen molar-refractivity contribution in [3.63, 3.8) is 0 Å². The molecule has 0 saturated carbocycles. The van der Waals surface area contributed by atoms with Crippen LogP contribution in [-0.2, 0) is 4.57 Å². The second-order valence-corrected chi connectivity index (χ2v) is 18.0. The van der Waals surface area contributed by atoms with Crippen molar-refractivity contribution in [3.05, 3.63) is 218 Å². The van der Waals surface area contributed by atoms with Crippen LogP contribution in [0, 0.1) is 0 Å². The molecule has 0 N–H and O–H groups in total. The fraction of sp³-hybridized carbons (Fsp3) is 0. The van der Waals surface area contributed by atoms with Crippen molar-refractivity contribution in [1.82, 2.24) is 13.7 Å². The molecule has 0 spiro atoms. The lowest BCUT2D eigenvalue weighted by molar-refractivity contribution is 0.592. The molecule has 0 amide bonds. The predicted octanol–water partition coefficient (Wildman–Crippen LogP) is 12.6. The van der Waals surface area contributed by atoms with Crippen molar-refractivity contribution in [2.75, 3.05) is 0 Å². The summed E-state index contributed by atoms with van der Waals surface area (Å²) < 4.78 is 22.4. The molecule has 0 aliphatic heterocycles. The van der Waals surface area contributed by atoms with E-state index < -0.39 is 7.14 Å². The molecule has 0 saturated heterocycles. The van der Waals surface area contributed by atoms with Crippen molar-refractivity contribution < 1.29 is 4.57 Å². The van der Waals surface area contributed by atoms with Crippen molar-refractivity contribution in [1.29, 1.82) is 0 Å². The van der Waals surface area contributed by atoms with Crippen LogP contribution in [0.2, 0.25) is 0 Å². The average Bonchev–Trinajstić information content (AvgIpc) is 3.95. The number of hydrogen-bond acceptors (Lipinski definition) is 1. The van der Waals surface area contributed by atoms with E-state index in [2.05, 4.69) is 171 Å². The first kappa shape index (κ1) is 33.7. The van der Waals surface area contributed by atoms with Gasteiger partial charge in [0.15, 0.2) is 7.14 Å². The minimum atomic E-state index is -3.13. The van der Waals surface area contributed by atoms with Crippen molar-refractivity contribution in [2.24, 2.45) is 0 Å². The highest BCUT2D eigenvalue weighted by Gasteiger charge is 2.29. The van der Waals surface area contributed by atoms with E-state index in [1.165, 1.54) is 43.6 Å². The Morgan fingerprint density at radius 3 is 0.932 bits per heavy atom. The van der Waals surface area contributed by atoms with E-state index >= 15 is 4.57 Å². The Bertz CT molecular complexity index is 3310. The van der Waals surface area contributed by atoms with Crippen LogP contribution >= 0.6 is 7.14 Å². The van der Waals surface area contributed by atoms with Crippen LogP contribution in [0.5, 0.6) is 0 Å². The molecule has 4 nitrogen and oxygen atoms in total. The molecule has 0 fully saturated rings. The molecule has 0 atom stereocenters. The fourth-order valence-electron chi connectivity index (χ4n) is 9.49. The highest BCUT2D eigenvalue weighted by atomic mass is 31.2. The smallest absolute Gasteiger partial charge is 0.171 e. The molecule has 3 heterocycles. The monoisotopic (exact) mass is 773 g/mol. The molecule has 0 bridgehead atoms. The SMILES string of the molecule is O=P(c1ccccc1)(c1ccccc1)c1ccc(-n2c3ccc(-n4c5ccccc5c5ccccc54)cc3c3cc(-n4c5ccccc5c5ccccc54)ccc32)cc1. The maximum Gasteiger partial charge on any atom is 0.171 e. The highest BCUT2D eigenvalue weighted by Crippen LogP contribution is 2.43. The number of hydrogen-bond donors (Lipinski definition) is 0. The lowest BCUT2D eigenvalue weighted by atomic mass is 10.1. The van der Waals surface area contributed by atoms with E-state index in [4.69, 9.17) is 0 Å². The molecule has 0 aliphatic rings. The second-order valence-electron chi connectivity index (χ2n) is 15.3. The van der Waals surface area contributed by atoms with Crippen LogP contribution < -0.4 is 15.9 Å². The highest BCUT2D eigenvalue weighted by molar-refractivity contribution is 7.85. The third-order valence-corrected chi connectivity index (χ3v) is 15.2. The zero-order chi connectivity index (χ0) is 39.1. The topological polar surface area (TPSA) is 31.9 Å². The Morgan fingerprint density at radius 2 is 0.542 bits per heavy atom. The van der Waals surface area contributed by atoms with Crippen LogP contribution in [0.3, 0.4) is 0 Å². The fourth-order valence-corrected chi connectivity index (χ4v) is 12.1. The Labute approximate surface area is 340 Å². The van der Waals surface area contributed by atoms with E-state index in [9.17, 15) is 0 Å². The number of benzene rings is 9. The van der Waals surface area contributed by atoms with Crippen molar-refractivity contribution in [3.8, 4) is 17.1 Å². The predicted molar refractivity (Wildman–Crippen MR) is 249 cm³/mol. The molecule has 59 heavy (non-hydrogen) atoms. The molecule has 12 rings (SSSR count). The van der Waals surface area contributed by atoms with Gasteiger partial charge in [-0.1, -0.05) is 133 Å². The van der Waals surface area contributed by atoms with Crippen LogP contribution in [0.4, 0.5) is 0 Å². The van der Waals surface area contributed by atoms with Gasteiger partial charge in [-0.25, -0.2) is 0 Å². The molecule has 9 aromatic carbocycles. The van der Waals surface area contributed by atoms with Gasteiger partial charge in [0, 0.05) is 65.3 Å². The largest absolute Gasteiger partial charge is 0.309 e. The number of fused-ring (bicyclic) bond motifs is 9. The van der Waals surface area contributed by atoms with Gasteiger partial charge in [0.25, 0.3) is 0 Å².